The summed E-state index contributed by atoms with van der Waals surface area (Å²) < 4.78 is 0. The molecule has 6 rings (SSSR count). The Kier molecular flexibility index (Phi) is 6.08. The Balaban J connectivity index is 0.989. The lowest BCUT2D eigenvalue weighted by Gasteiger charge is -2.45. The topological polar surface area (TPSA) is 38.8 Å². The summed E-state index contributed by atoms with van der Waals surface area (Å²) in [5.74, 6) is 1.75. The third-order valence-electron chi connectivity index (χ3n) is 8.90. The van der Waals surface area contributed by atoms with Crippen LogP contribution < -0.4 is 10.2 Å². The van der Waals surface area contributed by atoms with Crippen LogP contribution in [0.1, 0.15) is 55.6 Å². The summed E-state index contributed by atoms with van der Waals surface area (Å²) >= 11 is 0. The van der Waals surface area contributed by atoms with Gasteiger partial charge in [-0.1, -0.05) is 42.5 Å². The maximum absolute atomic E-state index is 12.9. The van der Waals surface area contributed by atoms with E-state index in [1.807, 2.05) is 6.07 Å². The molecule has 0 aromatic heterocycles. The third kappa shape index (κ3) is 4.25. The highest BCUT2D eigenvalue weighted by atomic mass is 16.2. The minimum atomic E-state index is -0.364. The third-order valence-corrected chi connectivity index (χ3v) is 8.90. The first-order valence-corrected chi connectivity index (χ1v) is 13.3. The number of piperidine rings is 1. The van der Waals surface area contributed by atoms with Gasteiger partial charge in [0.05, 0.1) is 6.67 Å². The van der Waals surface area contributed by atoms with Gasteiger partial charge >= 0.3 is 0 Å². The van der Waals surface area contributed by atoms with Gasteiger partial charge in [0, 0.05) is 31.9 Å². The SMILES string of the molecule is O=C1NCN(c2ccccc2)C12CCN(C[C@H]1C[C@H](c3ccc(CN4CCCC4)cc3)C1)CC2. The average Bonchev–Trinajstić information content (AvgIpc) is 3.47. The largest absolute Gasteiger partial charge is 0.339 e. The predicted octanol–water partition coefficient (Wildman–Crippen LogP) is 4.20. The minimum absolute atomic E-state index is 0.216. The lowest BCUT2D eigenvalue weighted by molar-refractivity contribution is -0.125. The van der Waals surface area contributed by atoms with Crippen LogP contribution in [-0.2, 0) is 11.3 Å². The molecule has 5 heteroatoms. The fourth-order valence-electron chi connectivity index (χ4n) is 6.75. The van der Waals surface area contributed by atoms with Crippen LogP contribution in [0.15, 0.2) is 54.6 Å². The number of nitrogens with zero attached hydrogens (tertiary/aromatic N) is 3. The summed E-state index contributed by atoms with van der Waals surface area (Å²) in [5, 5.41) is 3.12. The van der Waals surface area contributed by atoms with Crippen molar-refractivity contribution in [1.29, 1.82) is 0 Å². The van der Waals surface area contributed by atoms with E-state index in [0.717, 1.165) is 50.0 Å². The van der Waals surface area contributed by atoms with E-state index in [9.17, 15) is 4.79 Å². The second-order valence-electron chi connectivity index (χ2n) is 11.0. The van der Waals surface area contributed by atoms with Crippen LogP contribution in [0.25, 0.3) is 0 Å². The molecular weight excluding hydrogens is 420 g/mol. The monoisotopic (exact) mass is 458 g/mol. The molecule has 5 nitrogen and oxygen atoms in total. The number of amides is 1. The van der Waals surface area contributed by atoms with Crippen LogP contribution in [-0.4, -0.2) is 60.6 Å². The first-order valence-electron chi connectivity index (χ1n) is 13.3. The quantitative estimate of drug-likeness (QED) is 0.704. The zero-order valence-corrected chi connectivity index (χ0v) is 20.3. The van der Waals surface area contributed by atoms with Gasteiger partial charge in [-0.3, -0.25) is 9.69 Å². The fourth-order valence-corrected chi connectivity index (χ4v) is 6.75. The Hall–Kier alpha value is -2.37. The van der Waals surface area contributed by atoms with E-state index in [2.05, 4.69) is 68.5 Å². The summed E-state index contributed by atoms with van der Waals surface area (Å²) in [6.07, 6.45) is 7.17. The molecule has 3 saturated heterocycles. The zero-order valence-electron chi connectivity index (χ0n) is 20.3. The molecule has 34 heavy (non-hydrogen) atoms. The number of benzene rings is 2. The molecule has 3 aliphatic heterocycles. The molecule has 2 aromatic rings. The number of anilines is 1. The van der Waals surface area contributed by atoms with E-state index >= 15 is 0 Å². The highest BCUT2D eigenvalue weighted by Gasteiger charge is 2.50. The lowest BCUT2D eigenvalue weighted by atomic mass is 9.71. The lowest BCUT2D eigenvalue weighted by Crippen LogP contribution is -2.57. The Morgan fingerprint density at radius 1 is 0.853 bits per heavy atom. The average molecular weight is 459 g/mol. The molecule has 4 fully saturated rings. The van der Waals surface area contributed by atoms with Gasteiger partial charge in [0.2, 0.25) is 5.91 Å². The van der Waals surface area contributed by atoms with Crippen LogP contribution >= 0.6 is 0 Å². The molecule has 1 spiro atoms. The number of carbonyl (C=O) groups is 1. The highest BCUT2D eigenvalue weighted by Crippen LogP contribution is 2.43. The van der Waals surface area contributed by atoms with Gasteiger partial charge in [0.25, 0.3) is 0 Å². The van der Waals surface area contributed by atoms with E-state index < -0.39 is 0 Å². The molecule has 1 N–H and O–H groups in total. The maximum atomic E-state index is 12.9. The van der Waals surface area contributed by atoms with Gasteiger partial charge in [0.1, 0.15) is 5.54 Å². The second-order valence-corrected chi connectivity index (χ2v) is 11.0. The summed E-state index contributed by atoms with van der Waals surface area (Å²) in [4.78, 5) is 20.4. The zero-order chi connectivity index (χ0) is 23.0. The van der Waals surface area contributed by atoms with Gasteiger partial charge in [-0.05, 0) is 86.7 Å². The molecular formula is C29H38N4O. The smallest absolute Gasteiger partial charge is 0.247 e. The first kappa shape index (κ1) is 22.1. The molecule has 3 heterocycles. The summed E-state index contributed by atoms with van der Waals surface area (Å²) in [6, 6.07) is 19.9. The minimum Gasteiger partial charge on any atom is -0.339 e. The summed E-state index contributed by atoms with van der Waals surface area (Å²) in [7, 11) is 0. The second kappa shape index (κ2) is 9.35. The van der Waals surface area contributed by atoms with Gasteiger partial charge in [-0.25, -0.2) is 0 Å². The van der Waals surface area contributed by atoms with Gasteiger partial charge < -0.3 is 15.1 Å². The van der Waals surface area contributed by atoms with Crippen LogP contribution in [0.5, 0.6) is 0 Å². The molecule has 1 aliphatic carbocycles. The number of carbonyl (C=O) groups excluding carboxylic acids is 1. The normalized spacial score (nSPS) is 27.2. The number of para-hydroxylation sites is 1. The maximum Gasteiger partial charge on any atom is 0.247 e. The number of hydrogen-bond acceptors (Lipinski definition) is 4. The summed E-state index contributed by atoms with van der Waals surface area (Å²) in [5.41, 5.74) is 3.78. The Bertz CT molecular complexity index is 971. The number of hydrogen-bond donors (Lipinski definition) is 1. The first-order chi connectivity index (χ1) is 16.7. The fraction of sp³-hybridized carbons (Fsp3) is 0.552. The molecule has 0 unspecified atom stereocenters. The van der Waals surface area contributed by atoms with Gasteiger partial charge in [-0.2, -0.15) is 0 Å². The van der Waals surface area contributed by atoms with Crippen molar-refractivity contribution in [1.82, 2.24) is 15.1 Å². The van der Waals surface area contributed by atoms with Crippen LogP contribution in [0.3, 0.4) is 0 Å². The van der Waals surface area contributed by atoms with Crippen molar-refractivity contribution in [3.8, 4) is 0 Å². The van der Waals surface area contributed by atoms with Gasteiger partial charge in [0.15, 0.2) is 0 Å². The molecule has 4 aliphatic rings. The number of nitrogens with one attached hydrogen (secondary N) is 1. The Labute approximate surface area is 204 Å². The van der Waals surface area contributed by atoms with E-state index in [1.54, 1.807) is 0 Å². The van der Waals surface area contributed by atoms with E-state index in [-0.39, 0.29) is 11.4 Å². The number of rotatable bonds is 6. The standard InChI is InChI=1S/C29H38N4O/c34-28-29(33(22-30-28)27-6-2-1-3-7-27)12-16-32(17-13-29)21-24-18-26(19-24)25-10-8-23(9-11-25)20-31-14-4-5-15-31/h1-3,6-11,24,26H,4-5,12-22H2,(H,30,34)/t24-,26-. The highest BCUT2D eigenvalue weighted by molar-refractivity contribution is 5.93. The van der Waals surface area contributed by atoms with Gasteiger partial charge in [-0.15, -0.1) is 0 Å². The Morgan fingerprint density at radius 2 is 1.56 bits per heavy atom. The molecule has 0 atom stereocenters. The van der Waals surface area contributed by atoms with Crippen molar-refractivity contribution in [3.05, 3.63) is 65.7 Å². The van der Waals surface area contributed by atoms with Crippen molar-refractivity contribution in [2.24, 2.45) is 5.92 Å². The van der Waals surface area contributed by atoms with E-state index in [0.29, 0.717) is 6.67 Å². The molecule has 2 aromatic carbocycles. The van der Waals surface area contributed by atoms with Crippen molar-refractivity contribution >= 4 is 11.6 Å². The Morgan fingerprint density at radius 3 is 2.26 bits per heavy atom. The van der Waals surface area contributed by atoms with Crippen molar-refractivity contribution in [2.75, 3.05) is 44.3 Å². The molecule has 180 valence electrons. The van der Waals surface area contributed by atoms with Crippen LogP contribution in [0.2, 0.25) is 0 Å². The van der Waals surface area contributed by atoms with Crippen LogP contribution in [0.4, 0.5) is 5.69 Å². The van der Waals surface area contributed by atoms with Crippen molar-refractivity contribution < 1.29 is 4.79 Å². The number of likely N-dealkylation sites (tertiary alicyclic amines) is 2. The molecule has 0 radical (unpaired) electrons. The van der Waals surface area contributed by atoms with Crippen molar-refractivity contribution in [2.45, 2.75) is 56.5 Å². The molecule has 1 saturated carbocycles. The summed E-state index contributed by atoms with van der Waals surface area (Å²) in [6.45, 7) is 7.49. The molecule has 1 amide bonds. The molecule has 0 bridgehead atoms. The van der Waals surface area contributed by atoms with E-state index in [4.69, 9.17) is 0 Å². The van der Waals surface area contributed by atoms with E-state index in [1.165, 1.54) is 56.4 Å². The van der Waals surface area contributed by atoms with Crippen molar-refractivity contribution in [3.63, 3.8) is 0 Å². The van der Waals surface area contributed by atoms with Crippen LogP contribution in [0, 0.1) is 5.92 Å². The predicted molar refractivity (Wildman–Crippen MR) is 137 cm³/mol.